The van der Waals surface area contributed by atoms with Crippen molar-refractivity contribution in [3.8, 4) is 17.2 Å². The zero-order valence-electron chi connectivity index (χ0n) is 19.0. The molecule has 168 valence electrons. The fraction of sp³-hybridized carbons (Fsp3) is 0.458. The van der Waals surface area contributed by atoms with E-state index in [1.54, 1.807) is 21.3 Å². The van der Waals surface area contributed by atoms with Crippen LogP contribution in [-0.2, 0) is 6.42 Å². The second-order valence-electron chi connectivity index (χ2n) is 7.59. The van der Waals surface area contributed by atoms with Gasteiger partial charge < -0.3 is 29.7 Å². The fourth-order valence-corrected chi connectivity index (χ4v) is 3.93. The molecule has 7 nitrogen and oxygen atoms in total. The summed E-state index contributed by atoms with van der Waals surface area (Å²) in [6, 6.07) is 14.2. The highest BCUT2D eigenvalue weighted by Crippen LogP contribution is 2.31. The summed E-state index contributed by atoms with van der Waals surface area (Å²) in [4.78, 5) is 6.76. The van der Waals surface area contributed by atoms with Crippen LogP contribution >= 0.6 is 0 Å². The molecule has 0 aromatic heterocycles. The second-order valence-corrected chi connectivity index (χ2v) is 7.59. The Balaban J connectivity index is 1.44. The molecule has 1 aliphatic rings. The van der Waals surface area contributed by atoms with Crippen molar-refractivity contribution in [3.05, 3.63) is 48.0 Å². The van der Waals surface area contributed by atoms with Gasteiger partial charge in [0.15, 0.2) is 17.5 Å². The Morgan fingerprint density at radius 2 is 1.77 bits per heavy atom. The molecule has 2 N–H and O–H groups in total. The number of rotatable bonds is 9. The maximum atomic E-state index is 5.52. The minimum absolute atomic E-state index is 0.564. The van der Waals surface area contributed by atoms with E-state index in [0.29, 0.717) is 5.92 Å². The maximum Gasteiger partial charge on any atom is 0.190 e. The Hall–Kier alpha value is -3.09. The van der Waals surface area contributed by atoms with Crippen LogP contribution in [0.3, 0.4) is 0 Å². The summed E-state index contributed by atoms with van der Waals surface area (Å²) in [5.74, 6) is 3.83. The van der Waals surface area contributed by atoms with Crippen molar-refractivity contribution < 1.29 is 14.2 Å². The third-order valence-corrected chi connectivity index (χ3v) is 5.65. The van der Waals surface area contributed by atoms with Crippen molar-refractivity contribution in [1.82, 2.24) is 10.6 Å². The average molecular weight is 427 g/mol. The normalized spacial score (nSPS) is 16.2. The molecular formula is C24H34N4O3. The number of hydrogen-bond donors (Lipinski definition) is 2. The molecule has 7 heteroatoms. The number of para-hydroxylation sites is 2. The predicted octanol–water partition coefficient (Wildman–Crippen LogP) is 2.95. The van der Waals surface area contributed by atoms with Gasteiger partial charge in [-0.3, -0.25) is 4.99 Å². The Morgan fingerprint density at radius 3 is 2.52 bits per heavy atom. The van der Waals surface area contributed by atoms with Crippen molar-refractivity contribution in [2.45, 2.75) is 12.8 Å². The van der Waals surface area contributed by atoms with E-state index in [4.69, 9.17) is 14.2 Å². The van der Waals surface area contributed by atoms with Gasteiger partial charge in [-0.1, -0.05) is 18.2 Å². The average Bonchev–Trinajstić information content (AvgIpc) is 3.29. The second kappa shape index (κ2) is 11.3. The lowest BCUT2D eigenvalue weighted by molar-refractivity contribution is 0.354. The predicted molar refractivity (Wildman–Crippen MR) is 126 cm³/mol. The number of ether oxygens (including phenoxy) is 3. The Labute approximate surface area is 185 Å². The minimum Gasteiger partial charge on any atom is -0.495 e. The van der Waals surface area contributed by atoms with Gasteiger partial charge in [0.2, 0.25) is 0 Å². The van der Waals surface area contributed by atoms with E-state index in [9.17, 15) is 0 Å². The number of guanidine groups is 1. The third kappa shape index (κ3) is 5.96. The largest absolute Gasteiger partial charge is 0.495 e. The Bertz CT molecular complexity index is 872. The number of nitrogens with one attached hydrogen (secondary N) is 2. The van der Waals surface area contributed by atoms with E-state index in [1.165, 1.54) is 11.3 Å². The lowest BCUT2D eigenvalue weighted by Gasteiger charge is -2.21. The van der Waals surface area contributed by atoms with Gasteiger partial charge in [0.05, 0.1) is 27.0 Å². The van der Waals surface area contributed by atoms with Crippen molar-refractivity contribution in [1.29, 1.82) is 0 Å². The highest BCUT2D eigenvalue weighted by atomic mass is 16.5. The summed E-state index contributed by atoms with van der Waals surface area (Å²) in [6.07, 6.45) is 2.01. The summed E-state index contributed by atoms with van der Waals surface area (Å²) in [6.45, 7) is 3.73. The molecule has 0 bridgehead atoms. The first kappa shape index (κ1) is 22.6. The number of hydrogen-bond acceptors (Lipinski definition) is 5. The third-order valence-electron chi connectivity index (χ3n) is 5.65. The summed E-state index contributed by atoms with van der Waals surface area (Å²) >= 11 is 0. The molecular weight excluding hydrogens is 392 g/mol. The first-order chi connectivity index (χ1) is 15.2. The Kier molecular flexibility index (Phi) is 8.27. The summed E-state index contributed by atoms with van der Waals surface area (Å²) in [7, 11) is 6.84. The van der Waals surface area contributed by atoms with Gasteiger partial charge in [-0.2, -0.15) is 0 Å². The smallest absolute Gasteiger partial charge is 0.190 e. The van der Waals surface area contributed by atoms with Crippen LogP contribution in [-0.4, -0.2) is 60.5 Å². The zero-order chi connectivity index (χ0) is 22.1. The molecule has 2 aromatic carbocycles. The van der Waals surface area contributed by atoms with Gasteiger partial charge in [0.25, 0.3) is 0 Å². The quantitative estimate of drug-likeness (QED) is 0.475. The first-order valence-electron chi connectivity index (χ1n) is 10.7. The highest BCUT2D eigenvalue weighted by molar-refractivity contribution is 5.79. The van der Waals surface area contributed by atoms with Crippen molar-refractivity contribution >= 4 is 11.6 Å². The molecule has 1 saturated heterocycles. The van der Waals surface area contributed by atoms with E-state index in [2.05, 4.69) is 38.7 Å². The van der Waals surface area contributed by atoms with E-state index in [0.717, 1.165) is 62.2 Å². The molecule has 2 aromatic rings. The molecule has 3 rings (SSSR count). The zero-order valence-corrected chi connectivity index (χ0v) is 19.0. The van der Waals surface area contributed by atoms with Crippen LogP contribution in [0.5, 0.6) is 17.2 Å². The maximum absolute atomic E-state index is 5.52. The topological polar surface area (TPSA) is 67.4 Å². The van der Waals surface area contributed by atoms with Crippen LogP contribution in [0.25, 0.3) is 0 Å². The molecule has 1 atom stereocenters. The summed E-state index contributed by atoms with van der Waals surface area (Å²) < 4.78 is 16.2. The number of aliphatic imine (C=N–C) groups is 1. The summed E-state index contributed by atoms with van der Waals surface area (Å²) in [5, 5.41) is 6.88. The van der Waals surface area contributed by atoms with Crippen LogP contribution in [0, 0.1) is 5.92 Å². The molecule has 0 radical (unpaired) electrons. The van der Waals surface area contributed by atoms with Gasteiger partial charge in [0.1, 0.15) is 5.75 Å². The SMILES string of the molecule is CN=C(NCCc1ccc(OC)c(OC)c1)NCC1CCN(c2ccccc2OC)C1. The summed E-state index contributed by atoms with van der Waals surface area (Å²) in [5.41, 5.74) is 2.36. The standard InChI is InChI=1S/C24H34N4O3/c1-25-24(26-13-11-18-9-10-22(30-3)23(15-18)31-4)27-16-19-12-14-28(17-19)20-7-5-6-8-21(20)29-2/h5-10,15,19H,11-14,16-17H2,1-4H3,(H2,25,26,27). The van der Waals surface area contributed by atoms with Crippen LogP contribution in [0.4, 0.5) is 5.69 Å². The number of anilines is 1. The minimum atomic E-state index is 0.564. The fourth-order valence-electron chi connectivity index (χ4n) is 3.93. The van der Waals surface area contributed by atoms with Gasteiger partial charge >= 0.3 is 0 Å². The molecule has 1 fully saturated rings. The van der Waals surface area contributed by atoms with Crippen molar-refractivity contribution in [2.75, 3.05) is 59.5 Å². The molecule has 31 heavy (non-hydrogen) atoms. The molecule has 0 aliphatic carbocycles. The van der Waals surface area contributed by atoms with E-state index >= 15 is 0 Å². The molecule has 1 aliphatic heterocycles. The van der Waals surface area contributed by atoms with E-state index < -0.39 is 0 Å². The number of methoxy groups -OCH3 is 3. The number of benzene rings is 2. The van der Waals surface area contributed by atoms with Crippen LogP contribution in [0.2, 0.25) is 0 Å². The molecule has 1 unspecified atom stereocenters. The van der Waals surface area contributed by atoms with Crippen molar-refractivity contribution in [3.63, 3.8) is 0 Å². The Morgan fingerprint density at radius 1 is 1.00 bits per heavy atom. The first-order valence-corrected chi connectivity index (χ1v) is 10.7. The molecule has 0 spiro atoms. The van der Waals surface area contributed by atoms with Gasteiger partial charge in [-0.05, 0) is 48.6 Å². The highest BCUT2D eigenvalue weighted by Gasteiger charge is 2.24. The lowest BCUT2D eigenvalue weighted by atomic mass is 10.1. The molecule has 1 heterocycles. The number of nitrogens with zero attached hydrogens (tertiary/aromatic N) is 2. The molecule has 0 saturated carbocycles. The van der Waals surface area contributed by atoms with Crippen LogP contribution in [0.1, 0.15) is 12.0 Å². The van der Waals surface area contributed by atoms with Crippen LogP contribution in [0.15, 0.2) is 47.5 Å². The van der Waals surface area contributed by atoms with E-state index in [-0.39, 0.29) is 0 Å². The monoisotopic (exact) mass is 426 g/mol. The van der Waals surface area contributed by atoms with Gasteiger partial charge in [-0.25, -0.2) is 0 Å². The van der Waals surface area contributed by atoms with Gasteiger partial charge in [0, 0.05) is 33.2 Å². The van der Waals surface area contributed by atoms with Crippen LogP contribution < -0.4 is 29.7 Å². The van der Waals surface area contributed by atoms with E-state index in [1.807, 2.05) is 31.3 Å². The van der Waals surface area contributed by atoms with Gasteiger partial charge in [-0.15, -0.1) is 0 Å². The van der Waals surface area contributed by atoms with Crippen molar-refractivity contribution in [2.24, 2.45) is 10.9 Å². The lowest BCUT2D eigenvalue weighted by Crippen LogP contribution is -2.41. The molecule has 0 amide bonds.